The minimum atomic E-state index is 0.0502. The van der Waals surface area contributed by atoms with E-state index in [0.29, 0.717) is 12.4 Å². The van der Waals surface area contributed by atoms with Gasteiger partial charge < -0.3 is 15.0 Å². The Hall–Kier alpha value is -3.10. The van der Waals surface area contributed by atoms with Crippen molar-refractivity contribution in [3.05, 3.63) is 71.2 Å². The Labute approximate surface area is 153 Å². The summed E-state index contributed by atoms with van der Waals surface area (Å²) in [6.07, 6.45) is 1.02. The van der Waals surface area contributed by atoms with Crippen LogP contribution in [0.15, 0.2) is 54.3 Å². The molecule has 1 heterocycles. The molecule has 0 radical (unpaired) electrons. The third-order valence-electron chi connectivity index (χ3n) is 4.43. The predicted octanol–water partition coefficient (Wildman–Crippen LogP) is 2.63. The number of allylic oxidation sites excluding steroid dienone is 1. The van der Waals surface area contributed by atoms with Crippen molar-refractivity contribution in [1.29, 1.82) is 5.26 Å². The summed E-state index contributed by atoms with van der Waals surface area (Å²) in [6, 6.07) is 18.2. The molecule has 5 heteroatoms. The third-order valence-corrected chi connectivity index (χ3v) is 4.43. The van der Waals surface area contributed by atoms with E-state index in [9.17, 15) is 10.4 Å². The molecule has 0 amide bonds. The summed E-state index contributed by atoms with van der Waals surface area (Å²) in [6.45, 7) is 3.26. The van der Waals surface area contributed by atoms with Crippen LogP contribution in [0.3, 0.4) is 0 Å². The highest BCUT2D eigenvalue weighted by molar-refractivity contribution is 5.82. The summed E-state index contributed by atoms with van der Waals surface area (Å²) >= 11 is 0. The second-order valence-electron chi connectivity index (χ2n) is 6.52. The first-order chi connectivity index (χ1) is 12.6. The van der Waals surface area contributed by atoms with Crippen LogP contribution < -0.4 is 4.90 Å². The Kier molecular flexibility index (Phi) is 5.35. The number of H-pyrrole nitrogens is 1. The molecule has 3 aromatic rings. The lowest BCUT2D eigenvalue weighted by Gasteiger charge is -2.14. The molecule has 0 aliphatic rings. The number of aliphatic hydroxyl groups is 1. The maximum Gasteiger partial charge on any atom is 0.169 e. The van der Waals surface area contributed by atoms with Gasteiger partial charge in [-0.25, -0.2) is 4.98 Å². The number of aliphatic hydroxyl groups excluding tert-OH is 1. The van der Waals surface area contributed by atoms with E-state index >= 15 is 0 Å². The second kappa shape index (κ2) is 7.85. The van der Waals surface area contributed by atoms with Gasteiger partial charge in [0.25, 0.3) is 0 Å². The van der Waals surface area contributed by atoms with Gasteiger partial charge in [0.05, 0.1) is 18.1 Å². The standard InChI is InChI=1S/C21H22N4O/c1-3-15-8-10-16(11-9-15)13-25(2)14-20(26)17(12-22)21-23-18-6-4-5-7-19(18)24-21/h4-11,26H,3,13-14H2,1-2H3,(H,23,24)/p+1/b20-17-. The maximum absolute atomic E-state index is 10.5. The summed E-state index contributed by atoms with van der Waals surface area (Å²) in [5, 5.41) is 20.0. The maximum atomic E-state index is 10.5. The third kappa shape index (κ3) is 3.93. The minimum Gasteiger partial charge on any atom is -0.506 e. The van der Waals surface area contributed by atoms with Gasteiger partial charge in [0.1, 0.15) is 24.7 Å². The fraction of sp³-hybridized carbons (Fsp3) is 0.238. The highest BCUT2D eigenvalue weighted by atomic mass is 16.3. The largest absolute Gasteiger partial charge is 0.506 e. The van der Waals surface area contributed by atoms with Gasteiger partial charge in [0, 0.05) is 5.56 Å². The molecular weight excluding hydrogens is 324 g/mol. The first-order valence-corrected chi connectivity index (χ1v) is 8.77. The van der Waals surface area contributed by atoms with Crippen LogP contribution in [0.4, 0.5) is 0 Å². The van der Waals surface area contributed by atoms with Gasteiger partial charge >= 0.3 is 0 Å². The van der Waals surface area contributed by atoms with Crippen molar-refractivity contribution >= 4 is 16.6 Å². The van der Waals surface area contributed by atoms with Crippen LogP contribution in [0.5, 0.6) is 0 Å². The van der Waals surface area contributed by atoms with E-state index in [1.165, 1.54) is 11.1 Å². The normalized spacial score (nSPS) is 13.3. The quantitative estimate of drug-likeness (QED) is 0.474. The molecule has 1 unspecified atom stereocenters. The molecule has 0 aliphatic heterocycles. The summed E-state index contributed by atoms with van der Waals surface area (Å²) in [5.41, 5.74) is 4.34. The molecular formula is C21H23N4O+. The van der Waals surface area contributed by atoms with Crippen molar-refractivity contribution < 1.29 is 10.0 Å². The summed E-state index contributed by atoms with van der Waals surface area (Å²) in [5.74, 6) is 0.459. The van der Waals surface area contributed by atoms with Crippen LogP contribution in [-0.4, -0.2) is 28.7 Å². The Balaban J connectivity index is 1.76. The number of aromatic amines is 1. The number of nitriles is 1. The SMILES string of the molecule is CCc1ccc(C[NH+](C)C/C(O)=C(\C#N)c2nc3ccccc3[nH]2)cc1. The highest BCUT2D eigenvalue weighted by Crippen LogP contribution is 2.18. The summed E-state index contributed by atoms with van der Waals surface area (Å²) in [7, 11) is 2.00. The number of fused-ring (bicyclic) bond motifs is 1. The van der Waals surface area contributed by atoms with Gasteiger partial charge in [-0.15, -0.1) is 0 Å². The van der Waals surface area contributed by atoms with Crippen LogP contribution in [0.25, 0.3) is 16.6 Å². The molecule has 0 saturated carbocycles. The van der Waals surface area contributed by atoms with E-state index in [1.54, 1.807) is 0 Å². The van der Waals surface area contributed by atoms with Crippen molar-refractivity contribution in [2.24, 2.45) is 0 Å². The first kappa shape index (κ1) is 17.7. The number of hydrogen-bond acceptors (Lipinski definition) is 3. The molecule has 132 valence electrons. The Bertz CT molecular complexity index is 931. The molecule has 1 atom stereocenters. The van der Waals surface area contributed by atoms with Crippen LogP contribution in [-0.2, 0) is 13.0 Å². The average Bonchev–Trinajstić information content (AvgIpc) is 3.06. The molecule has 3 N–H and O–H groups in total. The van der Waals surface area contributed by atoms with Gasteiger partial charge in [0.15, 0.2) is 11.6 Å². The zero-order valence-corrected chi connectivity index (χ0v) is 15.1. The molecule has 0 spiro atoms. The number of benzene rings is 2. The number of hydrogen-bond donors (Lipinski definition) is 3. The Morgan fingerprint density at radius 2 is 1.85 bits per heavy atom. The van der Waals surface area contributed by atoms with Crippen LogP contribution in [0, 0.1) is 11.3 Å². The van der Waals surface area contributed by atoms with Gasteiger partial charge in [-0.2, -0.15) is 5.26 Å². The lowest BCUT2D eigenvalue weighted by molar-refractivity contribution is -0.890. The van der Waals surface area contributed by atoms with Crippen molar-refractivity contribution in [2.45, 2.75) is 19.9 Å². The fourth-order valence-electron chi connectivity index (χ4n) is 3.00. The fourth-order valence-corrected chi connectivity index (χ4v) is 3.00. The molecule has 0 saturated heterocycles. The van der Waals surface area contributed by atoms with Crippen LogP contribution >= 0.6 is 0 Å². The van der Waals surface area contributed by atoms with Gasteiger partial charge in [-0.3, -0.25) is 0 Å². The molecule has 26 heavy (non-hydrogen) atoms. The number of imidazole rings is 1. The van der Waals surface area contributed by atoms with Gasteiger partial charge in [0.2, 0.25) is 0 Å². The number of para-hydroxylation sites is 2. The summed E-state index contributed by atoms with van der Waals surface area (Å²) in [4.78, 5) is 8.61. The molecule has 3 rings (SSSR count). The van der Waals surface area contributed by atoms with E-state index < -0.39 is 0 Å². The first-order valence-electron chi connectivity index (χ1n) is 8.77. The van der Waals surface area contributed by atoms with E-state index in [2.05, 4.69) is 47.2 Å². The number of nitrogens with one attached hydrogen (secondary N) is 2. The zero-order chi connectivity index (χ0) is 18.5. The van der Waals surface area contributed by atoms with E-state index in [0.717, 1.165) is 28.9 Å². The lowest BCUT2D eigenvalue weighted by atomic mass is 10.1. The van der Waals surface area contributed by atoms with Crippen LogP contribution in [0.2, 0.25) is 0 Å². The monoisotopic (exact) mass is 347 g/mol. The number of rotatable bonds is 6. The highest BCUT2D eigenvalue weighted by Gasteiger charge is 2.16. The number of aromatic nitrogens is 2. The predicted molar refractivity (Wildman–Crippen MR) is 103 cm³/mol. The van der Waals surface area contributed by atoms with E-state index in [-0.39, 0.29) is 11.3 Å². The van der Waals surface area contributed by atoms with E-state index in [1.807, 2.05) is 31.3 Å². The molecule has 0 bridgehead atoms. The smallest absolute Gasteiger partial charge is 0.169 e. The zero-order valence-electron chi connectivity index (χ0n) is 15.1. The number of quaternary nitrogens is 1. The Morgan fingerprint density at radius 3 is 2.50 bits per heavy atom. The van der Waals surface area contributed by atoms with Crippen molar-refractivity contribution in [3.63, 3.8) is 0 Å². The second-order valence-corrected chi connectivity index (χ2v) is 6.52. The van der Waals surface area contributed by atoms with Gasteiger partial charge in [-0.05, 0) is 24.1 Å². The number of likely N-dealkylation sites (N-methyl/N-ethyl adjacent to an activating group) is 1. The van der Waals surface area contributed by atoms with Gasteiger partial charge in [-0.1, -0.05) is 43.3 Å². The molecule has 1 aromatic heterocycles. The van der Waals surface area contributed by atoms with Crippen molar-refractivity contribution in [3.8, 4) is 6.07 Å². The minimum absolute atomic E-state index is 0.0502. The van der Waals surface area contributed by atoms with Crippen molar-refractivity contribution in [1.82, 2.24) is 9.97 Å². The molecule has 2 aromatic carbocycles. The number of nitrogens with zero attached hydrogens (tertiary/aromatic N) is 2. The van der Waals surface area contributed by atoms with Crippen molar-refractivity contribution in [2.75, 3.05) is 13.6 Å². The van der Waals surface area contributed by atoms with Crippen LogP contribution in [0.1, 0.15) is 23.9 Å². The van der Waals surface area contributed by atoms with E-state index in [4.69, 9.17) is 0 Å². The topological polar surface area (TPSA) is 77.1 Å². The summed E-state index contributed by atoms with van der Waals surface area (Å²) < 4.78 is 0. The lowest BCUT2D eigenvalue weighted by Crippen LogP contribution is -3.07. The molecule has 0 aliphatic carbocycles. The molecule has 0 fully saturated rings. The number of aryl methyl sites for hydroxylation is 1. The average molecular weight is 347 g/mol. The molecule has 5 nitrogen and oxygen atoms in total. The Morgan fingerprint density at radius 1 is 1.15 bits per heavy atom.